The number of hydrogen-bond donors (Lipinski definition) is 4. The largest absolute Gasteiger partial charge is 0.353 e. The molecular formula is C27H49N4O5PS2. The van der Waals surface area contributed by atoms with Gasteiger partial charge in [0.25, 0.3) is 0 Å². The Balaban J connectivity index is 2.48. The third-order valence-electron chi connectivity index (χ3n) is 6.16. The number of amides is 3. The summed E-state index contributed by atoms with van der Waals surface area (Å²) in [7, 11) is 1.97. The number of thioether (sulfide) groups is 2. The minimum atomic E-state index is -0.854. The van der Waals surface area contributed by atoms with E-state index in [0.29, 0.717) is 17.0 Å². The van der Waals surface area contributed by atoms with E-state index in [2.05, 4.69) is 42.0 Å². The van der Waals surface area contributed by atoms with Crippen molar-refractivity contribution in [2.45, 2.75) is 102 Å². The van der Waals surface area contributed by atoms with Crippen LogP contribution in [0.3, 0.4) is 0 Å². The van der Waals surface area contributed by atoms with Crippen LogP contribution in [0.25, 0.3) is 0 Å². The maximum atomic E-state index is 12.9. The molecule has 0 radical (unpaired) electrons. The molecule has 3 unspecified atom stereocenters. The molecule has 1 fully saturated rings. The summed E-state index contributed by atoms with van der Waals surface area (Å²) in [6.07, 6.45) is 2.57. The summed E-state index contributed by atoms with van der Waals surface area (Å²) in [6, 6.07) is -0.854. The average molecular weight is 605 g/mol. The predicted octanol–water partition coefficient (Wildman–Crippen LogP) is 2.67. The monoisotopic (exact) mass is 604 g/mol. The van der Waals surface area contributed by atoms with E-state index in [0.717, 1.165) is 18.1 Å². The number of carbonyl (C=O) groups excluding carboxylic acids is 5. The zero-order valence-corrected chi connectivity index (χ0v) is 27.2. The van der Waals surface area contributed by atoms with Crippen LogP contribution in [0.5, 0.6) is 0 Å². The predicted molar refractivity (Wildman–Crippen MR) is 165 cm³/mol. The van der Waals surface area contributed by atoms with Crippen LogP contribution in [0.2, 0.25) is 0 Å². The maximum absolute atomic E-state index is 12.9. The van der Waals surface area contributed by atoms with Crippen molar-refractivity contribution in [3.8, 4) is 0 Å². The fourth-order valence-electron chi connectivity index (χ4n) is 3.65. The second kappa shape index (κ2) is 17.6. The third-order valence-corrected chi connectivity index (χ3v) is 9.40. The highest BCUT2D eigenvalue weighted by molar-refractivity contribution is 8.04. The van der Waals surface area contributed by atoms with Crippen molar-refractivity contribution in [3.63, 3.8) is 0 Å². The van der Waals surface area contributed by atoms with Gasteiger partial charge < -0.3 is 21.3 Å². The Morgan fingerprint density at radius 3 is 1.90 bits per heavy atom. The Hall–Kier alpha value is -1.16. The molecule has 0 aliphatic heterocycles. The van der Waals surface area contributed by atoms with E-state index >= 15 is 0 Å². The van der Waals surface area contributed by atoms with Crippen molar-refractivity contribution < 1.29 is 24.0 Å². The number of nitrogens with one attached hydrogen (secondary N) is 4. The molecule has 224 valence electrons. The molecule has 4 atom stereocenters. The van der Waals surface area contributed by atoms with Crippen molar-refractivity contribution in [1.29, 1.82) is 0 Å². The van der Waals surface area contributed by atoms with E-state index in [1.54, 1.807) is 0 Å². The minimum Gasteiger partial charge on any atom is -0.353 e. The van der Waals surface area contributed by atoms with Gasteiger partial charge in [-0.1, -0.05) is 30.0 Å². The van der Waals surface area contributed by atoms with Crippen LogP contribution in [0, 0.1) is 5.41 Å². The molecule has 39 heavy (non-hydrogen) atoms. The van der Waals surface area contributed by atoms with E-state index in [4.69, 9.17) is 0 Å². The molecule has 4 N–H and O–H groups in total. The lowest BCUT2D eigenvalue weighted by Gasteiger charge is -2.36. The Bertz CT molecular complexity index is 845. The van der Waals surface area contributed by atoms with Gasteiger partial charge in [0.15, 0.2) is 5.52 Å². The molecule has 0 bridgehead atoms. The summed E-state index contributed by atoms with van der Waals surface area (Å²) in [5.74, 6) is 0.690. The fourth-order valence-corrected chi connectivity index (χ4v) is 6.58. The van der Waals surface area contributed by atoms with Crippen molar-refractivity contribution in [2.75, 3.05) is 31.1 Å². The van der Waals surface area contributed by atoms with Crippen LogP contribution >= 0.6 is 32.8 Å². The number of hydrogen-bond acceptors (Lipinski definition) is 8. The molecule has 1 aliphatic rings. The first-order chi connectivity index (χ1) is 18.1. The molecule has 0 heterocycles. The van der Waals surface area contributed by atoms with E-state index < -0.39 is 23.3 Å². The maximum Gasteiger partial charge on any atom is 0.242 e. The van der Waals surface area contributed by atoms with Gasteiger partial charge in [-0.3, -0.25) is 24.0 Å². The Morgan fingerprint density at radius 1 is 0.821 bits per heavy atom. The number of Topliss-reactive ketones (excluding diaryl/α,β-unsaturated/α-hetero) is 1. The molecule has 0 aromatic heterocycles. The molecule has 12 heteroatoms. The first-order valence-corrected chi connectivity index (χ1v) is 16.4. The van der Waals surface area contributed by atoms with Crippen LogP contribution in [0.1, 0.15) is 80.1 Å². The molecule has 0 aromatic carbocycles. The van der Waals surface area contributed by atoms with Gasteiger partial charge in [0.2, 0.25) is 17.7 Å². The van der Waals surface area contributed by atoms with Crippen LogP contribution in [0.15, 0.2) is 0 Å². The molecule has 1 aliphatic carbocycles. The zero-order valence-electron chi connectivity index (χ0n) is 24.4. The highest BCUT2D eigenvalue weighted by atomic mass is 32.2. The normalized spacial score (nSPS) is 18.0. The highest BCUT2D eigenvalue weighted by Crippen LogP contribution is 2.39. The molecule has 0 spiro atoms. The summed E-state index contributed by atoms with van der Waals surface area (Å²) in [5, 5.41) is 12.8. The van der Waals surface area contributed by atoms with Gasteiger partial charge in [-0.2, -0.15) is 23.5 Å². The summed E-state index contributed by atoms with van der Waals surface area (Å²) in [6.45, 7) is 13.3. The number of ketones is 1. The van der Waals surface area contributed by atoms with Crippen molar-refractivity contribution in [1.82, 2.24) is 21.3 Å². The lowest BCUT2D eigenvalue weighted by atomic mass is 9.87. The van der Waals surface area contributed by atoms with Gasteiger partial charge in [-0.15, -0.1) is 0 Å². The molecule has 9 nitrogen and oxygen atoms in total. The first-order valence-electron chi connectivity index (χ1n) is 13.7. The lowest BCUT2D eigenvalue weighted by molar-refractivity contribution is -0.131. The second-order valence-electron chi connectivity index (χ2n) is 11.9. The quantitative estimate of drug-likeness (QED) is 0.139. The summed E-state index contributed by atoms with van der Waals surface area (Å²) < 4.78 is 0. The Morgan fingerprint density at radius 2 is 1.38 bits per heavy atom. The standard InChI is InChI=1S/C27H49N4O5PS2/c1-26(2,3)21(32)10-7-18(31-23(34)12-11-22(33)29-17-24(35)37)25(36)28-13-15-38-19-8-9-20(19)39-16-14-30-27(4,5)6/h18-20,30H,7-17,37H2,1-6H3,(H,28,36)(H,29,33)(H,31,34)/t18-,19?,20?/m1/s1. The molecule has 1 rings (SSSR count). The minimum absolute atomic E-state index is 0.0119. The van der Waals surface area contributed by atoms with Crippen molar-refractivity contribution in [3.05, 3.63) is 0 Å². The van der Waals surface area contributed by atoms with Crippen molar-refractivity contribution in [2.24, 2.45) is 5.41 Å². The fraction of sp³-hybridized carbons (Fsp3) is 0.815. The molecule has 3 amide bonds. The van der Waals surface area contributed by atoms with Gasteiger partial charge >= 0.3 is 0 Å². The van der Waals surface area contributed by atoms with Gasteiger partial charge in [0.1, 0.15) is 11.8 Å². The summed E-state index contributed by atoms with van der Waals surface area (Å²) in [5.41, 5.74) is -0.658. The molecule has 1 saturated carbocycles. The molecular weight excluding hydrogens is 555 g/mol. The Labute approximate surface area is 245 Å². The zero-order chi connectivity index (χ0) is 29.6. The highest BCUT2D eigenvalue weighted by Gasteiger charge is 2.31. The summed E-state index contributed by atoms with van der Waals surface area (Å²) >= 11 is 3.89. The van der Waals surface area contributed by atoms with E-state index in [-0.39, 0.29) is 55.0 Å². The van der Waals surface area contributed by atoms with E-state index in [1.165, 1.54) is 12.8 Å². The van der Waals surface area contributed by atoms with Gasteiger partial charge in [-0.25, -0.2) is 0 Å². The number of rotatable bonds is 18. The second-order valence-corrected chi connectivity index (χ2v) is 15.3. The number of carbonyl (C=O) groups is 5. The van der Waals surface area contributed by atoms with Crippen LogP contribution in [0.4, 0.5) is 0 Å². The van der Waals surface area contributed by atoms with Gasteiger partial charge in [0.05, 0.1) is 6.54 Å². The van der Waals surface area contributed by atoms with Crippen LogP contribution in [-0.2, 0) is 24.0 Å². The smallest absolute Gasteiger partial charge is 0.242 e. The molecule has 0 saturated heterocycles. The van der Waals surface area contributed by atoms with Gasteiger partial charge in [-0.05, 0) is 40.0 Å². The van der Waals surface area contributed by atoms with Gasteiger partial charge in [0, 0.05) is 65.3 Å². The lowest BCUT2D eigenvalue weighted by Crippen LogP contribution is -2.48. The topological polar surface area (TPSA) is 133 Å². The SMILES string of the molecule is CC(C)(C)NCCSC1CCC1SCCNC(=O)[C@@H](CCC(=O)C(C)(C)C)NC(=O)CCC(=O)NCC(=O)P. The van der Waals surface area contributed by atoms with Crippen molar-refractivity contribution >= 4 is 61.8 Å². The van der Waals surface area contributed by atoms with Crippen LogP contribution < -0.4 is 21.3 Å². The average Bonchev–Trinajstić information content (AvgIpc) is 2.81. The molecule has 0 aromatic rings. The van der Waals surface area contributed by atoms with E-state index in [1.807, 2.05) is 53.5 Å². The third kappa shape index (κ3) is 16.6. The van der Waals surface area contributed by atoms with Crippen LogP contribution in [-0.4, -0.2) is 82.2 Å². The Kier molecular flexibility index (Phi) is 16.2. The van der Waals surface area contributed by atoms with E-state index in [9.17, 15) is 24.0 Å². The summed E-state index contributed by atoms with van der Waals surface area (Å²) in [4.78, 5) is 60.6. The first kappa shape index (κ1) is 35.9.